The summed E-state index contributed by atoms with van der Waals surface area (Å²) < 4.78 is 0. The van der Waals surface area contributed by atoms with E-state index >= 15 is 0 Å². The van der Waals surface area contributed by atoms with E-state index in [1.54, 1.807) is 0 Å². The molecule has 0 aromatic rings. The second-order valence-electron chi connectivity index (χ2n) is 5.36. The number of likely N-dealkylation sites (tertiary alicyclic amines) is 1. The molecule has 0 saturated carbocycles. The van der Waals surface area contributed by atoms with Crippen molar-refractivity contribution in [3.05, 3.63) is 0 Å². The Morgan fingerprint density at radius 3 is 2.50 bits per heavy atom. The number of hydrogen-bond donors (Lipinski definition) is 1. The van der Waals surface area contributed by atoms with Gasteiger partial charge in [0.2, 0.25) is 5.91 Å². The van der Waals surface area contributed by atoms with Gasteiger partial charge in [-0.15, -0.1) is 12.4 Å². The topological polar surface area (TPSA) is 35.6 Å². The highest BCUT2D eigenvalue weighted by molar-refractivity contribution is 5.85. The van der Waals surface area contributed by atoms with Gasteiger partial charge in [-0.05, 0) is 32.9 Å². The van der Waals surface area contributed by atoms with Crippen molar-refractivity contribution >= 4 is 18.3 Å². The zero-order chi connectivity index (χ0) is 12.1. The third-order valence-electron chi connectivity index (χ3n) is 4.00. The van der Waals surface area contributed by atoms with E-state index in [0.29, 0.717) is 18.5 Å². The lowest BCUT2D eigenvalue weighted by molar-refractivity contribution is -0.132. The molecule has 2 aliphatic heterocycles. The third kappa shape index (κ3) is 4.41. The van der Waals surface area contributed by atoms with Crippen LogP contribution >= 0.6 is 12.4 Å². The van der Waals surface area contributed by atoms with Crippen LogP contribution in [-0.2, 0) is 4.79 Å². The predicted molar refractivity (Wildman–Crippen MR) is 76.2 cm³/mol. The van der Waals surface area contributed by atoms with Gasteiger partial charge in [0.05, 0.1) is 6.54 Å². The monoisotopic (exact) mass is 275 g/mol. The van der Waals surface area contributed by atoms with Crippen molar-refractivity contribution in [3.63, 3.8) is 0 Å². The standard InChI is InChI=1S/C13H25N3O.ClH/c1-15(12-6-7-14-10-12)11-13(17)16-8-4-2-3-5-9-16;/h12,14H,2-11H2,1H3;1H. The van der Waals surface area contributed by atoms with Crippen LogP contribution in [0.1, 0.15) is 32.1 Å². The number of nitrogens with zero attached hydrogens (tertiary/aromatic N) is 2. The van der Waals surface area contributed by atoms with E-state index in [9.17, 15) is 4.79 Å². The number of rotatable bonds is 3. The first-order valence-corrected chi connectivity index (χ1v) is 6.96. The Kier molecular flexibility index (Phi) is 6.97. The van der Waals surface area contributed by atoms with Crippen LogP contribution in [0.3, 0.4) is 0 Å². The molecule has 2 rings (SSSR count). The first-order chi connectivity index (χ1) is 8.27. The van der Waals surface area contributed by atoms with Gasteiger partial charge in [0.15, 0.2) is 0 Å². The molecular weight excluding hydrogens is 250 g/mol. The molecule has 0 radical (unpaired) electrons. The Labute approximate surface area is 116 Å². The van der Waals surface area contributed by atoms with E-state index in [4.69, 9.17) is 0 Å². The van der Waals surface area contributed by atoms with Crippen molar-refractivity contribution in [2.75, 3.05) is 39.8 Å². The molecule has 2 saturated heterocycles. The summed E-state index contributed by atoms with van der Waals surface area (Å²) in [7, 11) is 2.08. The molecular formula is C13H26ClN3O. The van der Waals surface area contributed by atoms with E-state index in [1.807, 2.05) is 0 Å². The Hall–Kier alpha value is -0.320. The second kappa shape index (κ2) is 7.97. The number of nitrogens with one attached hydrogen (secondary N) is 1. The predicted octanol–water partition coefficient (Wildman–Crippen LogP) is 1.10. The fourth-order valence-corrected chi connectivity index (χ4v) is 2.78. The summed E-state index contributed by atoms with van der Waals surface area (Å²) in [5.74, 6) is 0.321. The molecule has 0 bridgehead atoms. The Balaban J connectivity index is 0.00000162. The largest absolute Gasteiger partial charge is 0.342 e. The zero-order valence-corrected chi connectivity index (χ0v) is 12.2. The fraction of sp³-hybridized carbons (Fsp3) is 0.923. The van der Waals surface area contributed by atoms with Gasteiger partial charge in [0.1, 0.15) is 0 Å². The minimum absolute atomic E-state index is 0. The summed E-state index contributed by atoms with van der Waals surface area (Å²) in [6.45, 7) is 4.65. The maximum absolute atomic E-state index is 12.2. The zero-order valence-electron chi connectivity index (χ0n) is 11.4. The molecule has 1 amide bonds. The van der Waals surface area contributed by atoms with Gasteiger partial charge in [-0.3, -0.25) is 9.69 Å². The van der Waals surface area contributed by atoms with Crippen LogP contribution in [0.2, 0.25) is 0 Å². The molecule has 0 aliphatic carbocycles. The van der Waals surface area contributed by atoms with Crippen LogP contribution in [0.4, 0.5) is 0 Å². The summed E-state index contributed by atoms with van der Waals surface area (Å²) in [6.07, 6.45) is 6.10. The summed E-state index contributed by atoms with van der Waals surface area (Å²) in [6, 6.07) is 0.547. The van der Waals surface area contributed by atoms with E-state index in [2.05, 4.69) is 22.2 Å². The van der Waals surface area contributed by atoms with Crippen LogP contribution < -0.4 is 5.32 Å². The normalized spacial score (nSPS) is 24.8. The van der Waals surface area contributed by atoms with Crippen molar-refractivity contribution in [2.45, 2.75) is 38.1 Å². The fourth-order valence-electron chi connectivity index (χ4n) is 2.78. The minimum atomic E-state index is 0. The highest BCUT2D eigenvalue weighted by Gasteiger charge is 2.23. The van der Waals surface area contributed by atoms with Crippen molar-refractivity contribution in [2.24, 2.45) is 0 Å². The van der Waals surface area contributed by atoms with Crippen molar-refractivity contribution < 1.29 is 4.79 Å². The molecule has 5 heteroatoms. The van der Waals surface area contributed by atoms with Crippen molar-refractivity contribution in [3.8, 4) is 0 Å². The summed E-state index contributed by atoms with van der Waals surface area (Å²) >= 11 is 0. The quantitative estimate of drug-likeness (QED) is 0.838. The first kappa shape index (κ1) is 15.7. The van der Waals surface area contributed by atoms with Gasteiger partial charge < -0.3 is 10.2 Å². The van der Waals surface area contributed by atoms with Gasteiger partial charge in [0.25, 0.3) is 0 Å². The highest BCUT2D eigenvalue weighted by Crippen LogP contribution is 2.11. The van der Waals surface area contributed by atoms with Gasteiger partial charge >= 0.3 is 0 Å². The molecule has 2 fully saturated rings. The molecule has 2 aliphatic rings. The lowest BCUT2D eigenvalue weighted by Crippen LogP contribution is -2.43. The number of amides is 1. The van der Waals surface area contributed by atoms with E-state index in [1.165, 1.54) is 32.1 Å². The van der Waals surface area contributed by atoms with Gasteiger partial charge in [0, 0.05) is 25.7 Å². The molecule has 0 spiro atoms. The van der Waals surface area contributed by atoms with E-state index < -0.39 is 0 Å². The molecule has 4 nitrogen and oxygen atoms in total. The SMILES string of the molecule is CN(CC(=O)N1CCCCCC1)C1CCNC1.Cl. The van der Waals surface area contributed by atoms with Gasteiger partial charge in [-0.1, -0.05) is 12.8 Å². The van der Waals surface area contributed by atoms with Crippen LogP contribution in [0.15, 0.2) is 0 Å². The molecule has 18 heavy (non-hydrogen) atoms. The lowest BCUT2D eigenvalue weighted by atomic mass is 10.2. The maximum atomic E-state index is 12.2. The number of carbonyl (C=O) groups excluding carboxylic acids is 1. The lowest BCUT2D eigenvalue weighted by Gasteiger charge is -2.27. The molecule has 106 valence electrons. The molecule has 1 unspecified atom stereocenters. The molecule has 2 heterocycles. The van der Waals surface area contributed by atoms with E-state index in [-0.39, 0.29) is 12.4 Å². The minimum Gasteiger partial charge on any atom is -0.342 e. The maximum Gasteiger partial charge on any atom is 0.236 e. The van der Waals surface area contributed by atoms with Crippen molar-refractivity contribution in [1.82, 2.24) is 15.1 Å². The molecule has 0 aromatic heterocycles. The Morgan fingerprint density at radius 1 is 1.28 bits per heavy atom. The van der Waals surface area contributed by atoms with Gasteiger partial charge in [-0.25, -0.2) is 0 Å². The number of carbonyl (C=O) groups is 1. The van der Waals surface area contributed by atoms with E-state index in [0.717, 1.165) is 26.2 Å². The first-order valence-electron chi connectivity index (χ1n) is 6.96. The average molecular weight is 276 g/mol. The molecule has 0 aromatic carbocycles. The highest BCUT2D eigenvalue weighted by atomic mass is 35.5. The molecule has 1 atom stereocenters. The van der Waals surface area contributed by atoms with Crippen molar-refractivity contribution in [1.29, 1.82) is 0 Å². The number of likely N-dealkylation sites (N-methyl/N-ethyl adjacent to an activating group) is 1. The third-order valence-corrected chi connectivity index (χ3v) is 4.00. The Morgan fingerprint density at radius 2 is 1.94 bits per heavy atom. The van der Waals surface area contributed by atoms with Crippen LogP contribution in [0.25, 0.3) is 0 Å². The summed E-state index contributed by atoms with van der Waals surface area (Å²) in [5.41, 5.74) is 0. The second-order valence-corrected chi connectivity index (χ2v) is 5.36. The van der Waals surface area contributed by atoms with Gasteiger partial charge in [-0.2, -0.15) is 0 Å². The number of hydrogen-bond acceptors (Lipinski definition) is 3. The molecule has 1 N–H and O–H groups in total. The Bertz CT molecular complexity index is 249. The average Bonchev–Trinajstić information content (AvgIpc) is 2.71. The van der Waals surface area contributed by atoms with Crippen LogP contribution in [-0.4, -0.2) is 61.5 Å². The summed E-state index contributed by atoms with van der Waals surface area (Å²) in [4.78, 5) is 16.5. The number of halogens is 1. The van der Waals surface area contributed by atoms with Crippen LogP contribution in [0.5, 0.6) is 0 Å². The van der Waals surface area contributed by atoms with Crippen LogP contribution in [0, 0.1) is 0 Å². The summed E-state index contributed by atoms with van der Waals surface area (Å²) in [5, 5.41) is 3.35. The smallest absolute Gasteiger partial charge is 0.236 e.